The summed E-state index contributed by atoms with van der Waals surface area (Å²) in [5.74, 6) is 0.488. The SMILES string of the molecule is COCc1cn(CC2CC(NCC(C)C)C(O)C2O)nn1. The highest BCUT2D eigenvalue weighted by Crippen LogP contribution is 2.28. The van der Waals surface area contributed by atoms with Crippen molar-refractivity contribution in [3.05, 3.63) is 11.9 Å². The Kier molecular flexibility index (Phi) is 5.69. The third-order valence-corrected chi connectivity index (χ3v) is 3.89. The molecule has 0 aromatic carbocycles. The largest absolute Gasteiger partial charge is 0.390 e. The Morgan fingerprint density at radius 2 is 2.19 bits per heavy atom. The molecule has 1 saturated carbocycles. The number of aliphatic hydroxyl groups excluding tert-OH is 2. The van der Waals surface area contributed by atoms with Crippen LogP contribution in [0.25, 0.3) is 0 Å². The summed E-state index contributed by atoms with van der Waals surface area (Å²) in [7, 11) is 1.61. The van der Waals surface area contributed by atoms with E-state index in [1.54, 1.807) is 11.8 Å². The summed E-state index contributed by atoms with van der Waals surface area (Å²) in [5, 5.41) is 31.7. The third kappa shape index (κ3) is 4.23. The fraction of sp³-hybridized carbons (Fsp3) is 0.857. The molecule has 0 amide bonds. The first kappa shape index (κ1) is 16.4. The Labute approximate surface area is 125 Å². The summed E-state index contributed by atoms with van der Waals surface area (Å²) < 4.78 is 6.71. The van der Waals surface area contributed by atoms with Gasteiger partial charge in [0.15, 0.2) is 0 Å². The molecule has 0 aliphatic heterocycles. The third-order valence-electron chi connectivity index (χ3n) is 3.89. The number of hydrogen-bond acceptors (Lipinski definition) is 6. The van der Waals surface area contributed by atoms with Crippen LogP contribution < -0.4 is 5.32 Å². The van der Waals surface area contributed by atoms with Crippen molar-refractivity contribution >= 4 is 0 Å². The molecule has 7 heteroatoms. The lowest BCUT2D eigenvalue weighted by molar-refractivity contribution is 0.00716. The van der Waals surface area contributed by atoms with Crippen LogP contribution in [0.1, 0.15) is 26.0 Å². The molecule has 0 saturated heterocycles. The molecular formula is C14H26N4O3. The minimum Gasteiger partial charge on any atom is -0.390 e. The highest BCUT2D eigenvalue weighted by atomic mass is 16.5. The molecular weight excluding hydrogens is 272 g/mol. The number of aliphatic hydroxyl groups is 2. The number of methoxy groups -OCH3 is 1. The topological polar surface area (TPSA) is 92.4 Å². The van der Waals surface area contributed by atoms with Crippen LogP contribution in [-0.2, 0) is 17.9 Å². The maximum Gasteiger partial charge on any atom is 0.108 e. The number of nitrogens with zero attached hydrogens (tertiary/aromatic N) is 3. The van der Waals surface area contributed by atoms with Gasteiger partial charge in [0.1, 0.15) is 5.69 Å². The molecule has 1 aliphatic carbocycles. The molecule has 0 radical (unpaired) electrons. The van der Waals surface area contributed by atoms with Crippen LogP contribution in [0.3, 0.4) is 0 Å². The Morgan fingerprint density at radius 3 is 2.86 bits per heavy atom. The van der Waals surface area contributed by atoms with E-state index in [4.69, 9.17) is 4.74 Å². The van der Waals surface area contributed by atoms with Crippen molar-refractivity contribution in [1.29, 1.82) is 0 Å². The van der Waals surface area contributed by atoms with Gasteiger partial charge in [0.2, 0.25) is 0 Å². The summed E-state index contributed by atoms with van der Waals surface area (Å²) in [4.78, 5) is 0. The summed E-state index contributed by atoms with van der Waals surface area (Å²) in [6.45, 7) is 6.05. The van der Waals surface area contributed by atoms with Crippen LogP contribution in [0.15, 0.2) is 6.20 Å². The first-order valence-electron chi connectivity index (χ1n) is 7.48. The van der Waals surface area contributed by atoms with Crippen LogP contribution >= 0.6 is 0 Å². The van der Waals surface area contributed by atoms with Crippen LogP contribution in [0.2, 0.25) is 0 Å². The summed E-state index contributed by atoms with van der Waals surface area (Å²) >= 11 is 0. The molecule has 21 heavy (non-hydrogen) atoms. The standard InChI is InChI=1S/C14H26N4O3/c1-9(2)5-15-12-4-10(13(19)14(12)20)6-18-7-11(8-21-3)16-17-18/h7,9-10,12-15,19-20H,4-6,8H2,1-3H3. The number of hydrogen-bond donors (Lipinski definition) is 3. The van der Waals surface area contributed by atoms with Crippen LogP contribution in [-0.4, -0.2) is 57.1 Å². The normalized spacial score (nSPS) is 29.4. The highest BCUT2D eigenvalue weighted by Gasteiger charge is 2.41. The molecule has 1 heterocycles. The first-order valence-corrected chi connectivity index (χ1v) is 7.48. The van der Waals surface area contributed by atoms with Gasteiger partial charge in [0.05, 0.1) is 25.0 Å². The Morgan fingerprint density at radius 1 is 1.43 bits per heavy atom. The maximum absolute atomic E-state index is 10.2. The van der Waals surface area contributed by atoms with Gasteiger partial charge < -0.3 is 20.3 Å². The summed E-state index contributed by atoms with van der Waals surface area (Å²) in [6.07, 6.45) is 1.09. The van der Waals surface area contributed by atoms with Crippen molar-refractivity contribution in [3.8, 4) is 0 Å². The Balaban J connectivity index is 1.90. The molecule has 2 rings (SSSR count). The van der Waals surface area contributed by atoms with Crippen LogP contribution in [0.4, 0.5) is 0 Å². The minimum absolute atomic E-state index is 0.0262. The highest BCUT2D eigenvalue weighted by molar-refractivity contribution is 4.96. The van der Waals surface area contributed by atoms with Crippen molar-refractivity contribution < 1.29 is 14.9 Å². The van der Waals surface area contributed by atoms with Gasteiger partial charge >= 0.3 is 0 Å². The fourth-order valence-corrected chi connectivity index (χ4v) is 2.78. The monoisotopic (exact) mass is 298 g/mol. The van der Waals surface area contributed by atoms with E-state index in [2.05, 4.69) is 29.5 Å². The molecule has 4 atom stereocenters. The summed E-state index contributed by atoms with van der Waals surface area (Å²) in [5.41, 5.74) is 0.764. The van der Waals surface area contributed by atoms with Gasteiger partial charge in [-0.1, -0.05) is 19.1 Å². The lowest BCUT2D eigenvalue weighted by Gasteiger charge is -2.19. The number of aromatic nitrogens is 3. The van der Waals surface area contributed by atoms with Gasteiger partial charge in [-0.2, -0.15) is 0 Å². The van der Waals surface area contributed by atoms with Crippen molar-refractivity contribution in [3.63, 3.8) is 0 Å². The molecule has 1 aliphatic rings. The molecule has 0 spiro atoms. The smallest absolute Gasteiger partial charge is 0.108 e. The Hall–Kier alpha value is -1.02. The average molecular weight is 298 g/mol. The van der Waals surface area contributed by atoms with Crippen molar-refractivity contribution in [2.75, 3.05) is 13.7 Å². The van der Waals surface area contributed by atoms with Crippen LogP contribution in [0.5, 0.6) is 0 Å². The molecule has 3 N–H and O–H groups in total. The second-order valence-electron chi connectivity index (χ2n) is 6.25. The number of nitrogens with one attached hydrogen (secondary N) is 1. The van der Waals surface area contributed by atoms with Gasteiger partial charge in [-0.05, 0) is 18.9 Å². The number of ether oxygens (including phenoxy) is 1. The predicted octanol–water partition coefficient (Wildman–Crippen LogP) is -0.220. The summed E-state index contributed by atoms with van der Waals surface area (Å²) in [6, 6.07) is -0.0608. The molecule has 7 nitrogen and oxygen atoms in total. The molecule has 1 aromatic heterocycles. The van der Waals surface area contributed by atoms with E-state index in [0.29, 0.717) is 19.1 Å². The second-order valence-corrected chi connectivity index (χ2v) is 6.25. The van der Waals surface area contributed by atoms with Gasteiger partial charge in [-0.3, -0.25) is 4.68 Å². The van der Waals surface area contributed by atoms with Crippen molar-refractivity contribution in [2.24, 2.45) is 11.8 Å². The van der Waals surface area contributed by atoms with E-state index in [1.807, 2.05) is 6.20 Å². The van der Waals surface area contributed by atoms with E-state index < -0.39 is 12.2 Å². The van der Waals surface area contributed by atoms with E-state index in [0.717, 1.165) is 18.7 Å². The first-order chi connectivity index (χ1) is 10.0. The van der Waals surface area contributed by atoms with Gasteiger partial charge in [0, 0.05) is 25.6 Å². The van der Waals surface area contributed by atoms with E-state index >= 15 is 0 Å². The van der Waals surface area contributed by atoms with E-state index in [-0.39, 0.29) is 12.0 Å². The molecule has 4 unspecified atom stereocenters. The number of rotatable bonds is 7. The average Bonchev–Trinajstić information content (AvgIpc) is 2.97. The van der Waals surface area contributed by atoms with Gasteiger partial charge in [0.25, 0.3) is 0 Å². The van der Waals surface area contributed by atoms with Gasteiger partial charge in [-0.25, -0.2) is 0 Å². The van der Waals surface area contributed by atoms with Crippen molar-refractivity contribution in [2.45, 2.75) is 51.7 Å². The second kappa shape index (κ2) is 7.31. The minimum atomic E-state index is -0.732. The van der Waals surface area contributed by atoms with Crippen molar-refractivity contribution in [1.82, 2.24) is 20.3 Å². The zero-order valence-electron chi connectivity index (χ0n) is 12.9. The lowest BCUT2D eigenvalue weighted by atomic mass is 10.1. The maximum atomic E-state index is 10.2. The molecule has 0 bridgehead atoms. The quantitative estimate of drug-likeness (QED) is 0.644. The molecule has 1 aromatic rings. The molecule has 120 valence electrons. The van der Waals surface area contributed by atoms with Crippen LogP contribution in [0, 0.1) is 11.8 Å². The predicted molar refractivity (Wildman–Crippen MR) is 77.5 cm³/mol. The zero-order valence-corrected chi connectivity index (χ0v) is 12.9. The van der Waals surface area contributed by atoms with E-state index in [1.165, 1.54) is 0 Å². The zero-order chi connectivity index (χ0) is 15.4. The molecule has 1 fully saturated rings. The Bertz CT molecular complexity index is 438. The lowest BCUT2D eigenvalue weighted by Crippen LogP contribution is -2.41. The fourth-order valence-electron chi connectivity index (χ4n) is 2.78. The van der Waals surface area contributed by atoms with Gasteiger partial charge in [-0.15, -0.1) is 5.10 Å². The van der Waals surface area contributed by atoms with E-state index in [9.17, 15) is 10.2 Å².